The molecule has 0 saturated carbocycles. The van der Waals surface area contributed by atoms with Crippen LogP contribution in [-0.4, -0.2) is 27.8 Å². The first-order valence-electron chi connectivity index (χ1n) is 9.65. The number of amides is 1. The van der Waals surface area contributed by atoms with Crippen molar-refractivity contribution in [3.8, 4) is 0 Å². The third-order valence-electron chi connectivity index (χ3n) is 4.76. The number of ether oxygens (including phenoxy) is 1. The molecule has 4 rings (SSSR count). The molecule has 0 aliphatic carbocycles. The van der Waals surface area contributed by atoms with Gasteiger partial charge in [-0.05, 0) is 53.6 Å². The lowest BCUT2D eigenvalue weighted by Crippen LogP contribution is -2.30. The molecule has 1 aromatic heterocycles. The molecule has 0 bridgehead atoms. The molecule has 1 amide bonds. The van der Waals surface area contributed by atoms with Crippen LogP contribution in [0.5, 0.6) is 0 Å². The lowest BCUT2D eigenvalue weighted by atomic mass is 10.1. The first-order chi connectivity index (χ1) is 14.6. The normalized spacial score (nSPS) is 11.8. The SMILES string of the molecule is CC(OC(=O)c1ccc(Cn2cccn2)cc1)C(=O)Nc1ccc2ccccc2c1. The Hall–Kier alpha value is -3.93. The fraction of sp³-hybridized carbons (Fsp3) is 0.125. The highest BCUT2D eigenvalue weighted by atomic mass is 16.5. The van der Waals surface area contributed by atoms with Crippen LogP contribution in [0, 0.1) is 0 Å². The number of anilines is 1. The van der Waals surface area contributed by atoms with Gasteiger partial charge in [-0.1, -0.05) is 42.5 Å². The first kappa shape index (κ1) is 19.4. The molecule has 0 fully saturated rings. The average molecular weight is 399 g/mol. The van der Waals surface area contributed by atoms with Crippen molar-refractivity contribution in [2.75, 3.05) is 5.32 Å². The lowest BCUT2D eigenvalue weighted by Gasteiger charge is -2.14. The summed E-state index contributed by atoms with van der Waals surface area (Å²) in [5.74, 6) is -0.921. The van der Waals surface area contributed by atoms with E-state index in [1.807, 2.05) is 66.9 Å². The maximum absolute atomic E-state index is 12.4. The van der Waals surface area contributed by atoms with Crippen molar-refractivity contribution in [3.05, 3.63) is 96.3 Å². The van der Waals surface area contributed by atoms with E-state index in [1.54, 1.807) is 29.9 Å². The molecule has 6 nitrogen and oxygen atoms in total. The third kappa shape index (κ3) is 4.55. The van der Waals surface area contributed by atoms with Crippen LogP contribution in [0.15, 0.2) is 85.2 Å². The zero-order chi connectivity index (χ0) is 20.9. The predicted molar refractivity (Wildman–Crippen MR) is 115 cm³/mol. The van der Waals surface area contributed by atoms with E-state index in [2.05, 4.69) is 10.4 Å². The molecule has 0 spiro atoms. The molecule has 1 atom stereocenters. The Kier molecular flexibility index (Phi) is 5.57. The van der Waals surface area contributed by atoms with Gasteiger partial charge in [0.1, 0.15) is 0 Å². The van der Waals surface area contributed by atoms with Crippen molar-refractivity contribution in [1.82, 2.24) is 9.78 Å². The number of aromatic nitrogens is 2. The molecule has 150 valence electrons. The van der Waals surface area contributed by atoms with Crippen molar-refractivity contribution in [3.63, 3.8) is 0 Å². The van der Waals surface area contributed by atoms with E-state index in [4.69, 9.17) is 4.74 Å². The number of nitrogens with zero attached hydrogens (tertiary/aromatic N) is 2. The Balaban J connectivity index is 1.35. The van der Waals surface area contributed by atoms with Crippen molar-refractivity contribution in [2.24, 2.45) is 0 Å². The van der Waals surface area contributed by atoms with Crippen LogP contribution in [0.2, 0.25) is 0 Å². The monoisotopic (exact) mass is 399 g/mol. The van der Waals surface area contributed by atoms with E-state index in [0.717, 1.165) is 16.3 Å². The number of carbonyl (C=O) groups excluding carboxylic acids is 2. The molecule has 3 aromatic carbocycles. The van der Waals surface area contributed by atoms with Crippen LogP contribution in [0.3, 0.4) is 0 Å². The van der Waals surface area contributed by atoms with E-state index >= 15 is 0 Å². The zero-order valence-electron chi connectivity index (χ0n) is 16.5. The molecular formula is C24H21N3O3. The van der Waals surface area contributed by atoms with E-state index in [9.17, 15) is 9.59 Å². The van der Waals surface area contributed by atoms with Crippen molar-refractivity contribution < 1.29 is 14.3 Å². The number of fused-ring (bicyclic) bond motifs is 1. The van der Waals surface area contributed by atoms with Gasteiger partial charge in [0, 0.05) is 18.1 Å². The summed E-state index contributed by atoms with van der Waals surface area (Å²) >= 11 is 0. The van der Waals surface area contributed by atoms with E-state index in [1.165, 1.54) is 0 Å². The number of nitrogens with one attached hydrogen (secondary N) is 1. The zero-order valence-corrected chi connectivity index (χ0v) is 16.5. The molecule has 6 heteroatoms. The van der Waals surface area contributed by atoms with Crippen LogP contribution in [0.1, 0.15) is 22.8 Å². The Morgan fingerprint density at radius 2 is 1.77 bits per heavy atom. The molecule has 1 unspecified atom stereocenters. The van der Waals surface area contributed by atoms with Gasteiger partial charge in [0.2, 0.25) is 0 Å². The van der Waals surface area contributed by atoms with Gasteiger partial charge in [-0.15, -0.1) is 0 Å². The van der Waals surface area contributed by atoms with Crippen LogP contribution >= 0.6 is 0 Å². The van der Waals surface area contributed by atoms with Gasteiger partial charge in [0.25, 0.3) is 5.91 Å². The Bertz CT molecular complexity index is 1170. The molecule has 0 saturated heterocycles. The number of hydrogen-bond acceptors (Lipinski definition) is 4. The maximum atomic E-state index is 12.4. The largest absolute Gasteiger partial charge is 0.449 e. The molecule has 4 aromatic rings. The standard InChI is InChI=1S/C24H21N3O3/c1-17(23(28)26-22-12-11-19-5-2-3-6-21(19)15-22)30-24(29)20-9-7-18(8-10-20)16-27-14-4-13-25-27/h2-15,17H,16H2,1H3,(H,26,28). The number of carbonyl (C=O) groups is 2. The minimum absolute atomic E-state index is 0.381. The summed E-state index contributed by atoms with van der Waals surface area (Å²) in [5.41, 5.74) is 2.06. The fourth-order valence-electron chi connectivity index (χ4n) is 3.12. The summed E-state index contributed by atoms with van der Waals surface area (Å²) in [6.45, 7) is 2.17. The minimum Gasteiger partial charge on any atom is -0.449 e. The Labute approximate surface area is 174 Å². The van der Waals surface area contributed by atoms with Gasteiger partial charge < -0.3 is 10.1 Å². The summed E-state index contributed by atoms with van der Waals surface area (Å²) in [6.07, 6.45) is 2.67. The van der Waals surface area contributed by atoms with Gasteiger partial charge in [-0.3, -0.25) is 9.48 Å². The van der Waals surface area contributed by atoms with Crippen molar-refractivity contribution in [2.45, 2.75) is 19.6 Å². The topological polar surface area (TPSA) is 73.2 Å². The number of benzene rings is 3. The average Bonchev–Trinajstić information content (AvgIpc) is 3.27. The van der Waals surface area contributed by atoms with Crippen molar-refractivity contribution in [1.29, 1.82) is 0 Å². The Morgan fingerprint density at radius 1 is 1.00 bits per heavy atom. The van der Waals surface area contributed by atoms with Gasteiger partial charge in [0.15, 0.2) is 6.10 Å². The molecule has 0 radical (unpaired) electrons. The van der Waals surface area contributed by atoms with Crippen LogP contribution in [0.4, 0.5) is 5.69 Å². The lowest BCUT2D eigenvalue weighted by molar-refractivity contribution is -0.123. The minimum atomic E-state index is -0.923. The highest BCUT2D eigenvalue weighted by Gasteiger charge is 2.19. The van der Waals surface area contributed by atoms with Crippen LogP contribution in [-0.2, 0) is 16.1 Å². The van der Waals surface area contributed by atoms with Crippen LogP contribution in [0.25, 0.3) is 10.8 Å². The summed E-state index contributed by atoms with van der Waals surface area (Å²) < 4.78 is 7.13. The molecule has 0 aliphatic rings. The summed E-state index contributed by atoms with van der Waals surface area (Å²) in [4.78, 5) is 24.8. The van der Waals surface area contributed by atoms with Gasteiger partial charge in [0.05, 0.1) is 12.1 Å². The van der Waals surface area contributed by atoms with E-state index < -0.39 is 12.1 Å². The fourth-order valence-corrected chi connectivity index (χ4v) is 3.12. The molecule has 0 aliphatic heterocycles. The van der Waals surface area contributed by atoms with E-state index in [-0.39, 0.29) is 5.91 Å². The molecule has 30 heavy (non-hydrogen) atoms. The summed E-state index contributed by atoms with van der Waals surface area (Å²) in [5, 5.41) is 9.07. The second-order valence-corrected chi connectivity index (χ2v) is 7.00. The number of rotatable bonds is 6. The second-order valence-electron chi connectivity index (χ2n) is 7.00. The quantitative estimate of drug-likeness (QED) is 0.492. The van der Waals surface area contributed by atoms with E-state index in [0.29, 0.717) is 17.8 Å². The van der Waals surface area contributed by atoms with Crippen LogP contribution < -0.4 is 5.32 Å². The third-order valence-corrected chi connectivity index (χ3v) is 4.76. The molecular weight excluding hydrogens is 378 g/mol. The Morgan fingerprint density at radius 3 is 2.50 bits per heavy atom. The smallest absolute Gasteiger partial charge is 0.338 e. The maximum Gasteiger partial charge on any atom is 0.338 e. The highest BCUT2D eigenvalue weighted by molar-refractivity contribution is 5.98. The summed E-state index contributed by atoms with van der Waals surface area (Å²) in [6, 6.07) is 22.5. The molecule has 1 N–H and O–H groups in total. The van der Waals surface area contributed by atoms with Crippen molar-refractivity contribution >= 4 is 28.3 Å². The first-order valence-corrected chi connectivity index (χ1v) is 9.65. The predicted octanol–water partition coefficient (Wildman–Crippen LogP) is 4.27. The van der Waals surface area contributed by atoms with Gasteiger partial charge in [-0.2, -0.15) is 5.10 Å². The van der Waals surface area contributed by atoms with Gasteiger partial charge in [-0.25, -0.2) is 4.79 Å². The van der Waals surface area contributed by atoms with Gasteiger partial charge >= 0.3 is 5.97 Å². The number of esters is 1. The second kappa shape index (κ2) is 8.61. The highest BCUT2D eigenvalue weighted by Crippen LogP contribution is 2.19. The number of hydrogen-bond donors (Lipinski definition) is 1. The molecule has 1 heterocycles. The summed E-state index contributed by atoms with van der Waals surface area (Å²) in [7, 11) is 0.